The van der Waals surface area contributed by atoms with Crippen molar-refractivity contribution in [2.24, 2.45) is 0 Å². The van der Waals surface area contributed by atoms with Crippen LogP contribution in [0.3, 0.4) is 0 Å². The molecule has 148 valence electrons. The second-order valence-corrected chi connectivity index (χ2v) is 7.79. The van der Waals surface area contributed by atoms with Crippen molar-refractivity contribution in [3.63, 3.8) is 0 Å². The molecule has 0 spiro atoms. The first-order valence-corrected chi connectivity index (χ1v) is 10.7. The van der Waals surface area contributed by atoms with Crippen LogP contribution in [0.2, 0.25) is 0 Å². The number of hydrogen-bond donors (Lipinski definition) is 1. The number of hydrogen-bond acceptors (Lipinski definition) is 1. The Bertz CT molecular complexity index is 975. The topological polar surface area (TPSA) is 17.0 Å². The summed E-state index contributed by atoms with van der Waals surface area (Å²) in [6, 6.07) is 17.9. The van der Waals surface area contributed by atoms with E-state index < -0.39 is 0 Å². The van der Waals surface area contributed by atoms with Crippen LogP contribution < -0.4 is 5.32 Å². The normalized spacial score (nSPS) is 15.4. The largest absolute Gasteiger partial charge is 0.353 e. The molecule has 2 heteroatoms. The molecule has 1 aliphatic heterocycles. The Morgan fingerprint density at radius 1 is 1.04 bits per heavy atom. The minimum absolute atomic E-state index is 0.0518. The van der Waals surface area contributed by atoms with Gasteiger partial charge >= 0.3 is 0 Å². The summed E-state index contributed by atoms with van der Waals surface area (Å²) in [7, 11) is 0. The summed E-state index contributed by atoms with van der Waals surface area (Å²) in [6.45, 7) is 13.1. The highest BCUT2D eigenvalue weighted by molar-refractivity contribution is 5.99. The molecule has 1 atom stereocenters. The van der Waals surface area contributed by atoms with Gasteiger partial charge in [-0.15, -0.1) is 0 Å². The van der Waals surface area contributed by atoms with Gasteiger partial charge in [-0.2, -0.15) is 0 Å². The number of fused-ring (bicyclic) bond motifs is 4. The SMILES string of the molecule is C/C=C\C(CCC)n1c2c(c3ccccc31)Nc1ccccc1C2(C)C.CC. The van der Waals surface area contributed by atoms with Crippen LogP contribution in [0.1, 0.15) is 71.7 Å². The van der Waals surface area contributed by atoms with E-state index in [0.717, 1.165) is 6.42 Å². The number of nitrogens with zero attached hydrogens (tertiary/aromatic N) is 1. The minimum atomic E-state index is -0.0518. The summed E-state index contributed by atoms with van der Waals surface area (Å²) >= 11 is 0. The fraction of sp³-hybridized carbons (Fsp3) is 0.385. The molecule has 0 saturated carbocycles. The molecule has 3 aromatic rings. The van der Waals surface area contributed by atoms with Gasteiger partial charge in [-0.1, -0.05) is 89.6 Å². The predicted molar refractivity (Wildman–Crippen MR) is 124 cm³/mol. The van der Waals surface area contributed by atoms with Crippen molar-refractivity contribution in [2.45, 2.75) is 65.8 Å². The molecule has 0 amide bonds. The third-order valence-corrected chi connectivity index (χ3v) is 5.69. The van der Waals surface area contributed by atoms with Crippen LogP contribution in [0.15, 0.2) is 60.7 Å². The zero-order valence-corrected chi connectivity index (χ0v) is 18.2. The number of rotatable bonds is 4. The molecule has 1 unspecified atom stereocenters. The van der Waals surface area contributed by atoms with E-state index >= 15 is 0 Å². The molecule has 0 aliphatic carbocycles. The molecule has 0 saturated heterocycles. The fourth-order valence-corrected chi connectivity index (χ4v) is 4.58. The minimum Gasteiger partial charge on any atom is -0.353 e. The monoisotopic (exact) mass is 374 g/mol. The summed E-state index contributed by atoms with van der Waals surface area (Å²) in [4.78, 5) is 0. The molecular weight excluding hydrogens is 340 g/mol. The third kappa shape index (κ3) is 3.15. The highest BCUT2D eigenvalue weighted by Gasteiger charge is 2.38. The average Bonchev–Trinajstić information content (AvgIpc) is 3.05. The van der Waals surface area contributed by atoms with Crippen LogP contribution in [0, 0.1) is 0 Å². The fourth-order valence-electron chi connectivity index (χ4n) is 4.58. The van der Waals surface area contributed by atoms with Crippen LogP contribution >= 0.6 is 0 Å². The van der Waals surface area contributed by atoms with Crippen LogP contribution in [0.25, 0.3) is 10.9 Å². The van der Waals surface area contributed by atoms with E-state index in [9.17, 15) is 0 Å². The summed E-state index contributed by atoms with van der Waals surface area (Å²) < 4.78 is 2.58. The molecule has 0 radical (unpaired) electrons. The Labute approximate surface area is 170 Å². The van der Waals surface area contributed by atoms with Gasteiger partial charge in [-0.05, 0) is 31.0 Å². The van der Waals surface area contributed by atoms with Gasteiger partial charge in [0, 0.05) is 16.5 Å². The van der Waals surface area contributed by atoms with Crippen LogP contribution in [0.4, 0.5) is 11.4 Å². The third-order valence-electron chi connectivity index (χ3n) is 5.69. The molecule has 1 aromatic heterocycles. The lowest BCUT2D eigenvalue weighted by Crippen LogP contribution is -2.29. The maximum absolute atomic E-state index is 3.75. The lowest BCUT2D eigenvalue weighted by Gasteiger charge is -2.36. The zero-order valence-electron chi connectivity index (χ0n) is 18.2. The second kappa shape index (κ2) is 8.26. The maximum atomic E-state index is 3.75. The van der Waals surface area contributed by atoms with Crippen molar-refractivity contribution < 1.29 is 0 Å². The highest BCUT2D eigenvalue weighted by Crippen LogP contribution is 2.50. The number of aromatic nitrogens is 1. The van der Waals surface area contributed by atoms with Gasteiger partial charge in [-0.3, -0.25) is 0 Å². The van der Waals surface area contributed by atoms with Crippen LogP contribution in [0.5, 0.6) is 0 Å². The Hall–Kier alpha value is -2.48. The molecule has 2 nitrogen and oxygen atoms in total. The van der Waals surface area contributed by atoms with Gasteiger partial charge in [0.25, 0.3) is 0 Å². The lowest BCUT2D eigenvalue weighted by atomic mass is 9.77. The van der Waals surface area contributed by atoms with Crippen LogP contribution in [-0.4, -0.2) is 4.57 Å². The maximum Gasteiger partial charge on any atom is 0.0686 e. The molecule has 0 fully saturated rings. The van der Waals surface area contributed by atoms with Crippen molar-refractivity contribution in [2.75, 3.05) is 5.32 Å². The van der Waals surface area contributed by atoms with E-state index in [1.165, 1.54) is 40.0 Å². The van der Waals surface area contributed by atoms with E-state index in [2.05, 4.69) is 98.3 Å². The number of allylic oxidation sites excluding steroid dienone is 2. The zero-order chi connectivity index (χ0) is 20.3. The summed E-state index contributed by atoms with van der Waals surface area (Å²) in [5.41, 5.74) is 6.54. The van der Waals surface area contributed by atoms with Crippen molar-refractivity contribution in [1.29, 1.82) is 0 Å². The average molecular weight is 375 g/mol. The number of benzene rings is 2. The Kier molecular flexibility index (Phi) is 5.98. The van der Waals surface area contributed by atoms with Crippen LogP contribution in [-0.2, 0) is 5.41 Å². The predicted octanol–water partition coefficient (Wildman–Crippen LogP) is 7.97. The van der Waals surface area contributed by atoms with Gasteiger partial charge in [0.1, 0.15) is 0 Å². The summed E-state index contributed by atoms with van der Waals surface area (Å²) in [5, 5.41) is 5.07. The Balaban J connectivity index is 0.00000109. The first-order valence-electron chi connectivity index (χ1n) is 10.7. The molecule has 28 heavy (non-hydrogen) atoms. The molecule has 0 bridgehead atoms. The molecular formula is C26H34N2. The van der Waals surface area contributed by atoms with Crippen molar-refractivity contribution in [3.05, 3.63) is 71.9 Å². The smallest absolute Gasteiger partial charge is 0.0686 e. The first-order chi connectivity index (χ1) is 13.6. The number of anilines is 2. The molecule has 2 aromatic carbocycles. The summed E-state index contributed by atoms with van der Waals surface area (Å²) in [5.74, 6) is 0. The molecule has 1 N–H and O–H groups in total. The van der Waals surface area contributed by atoms with Gasteiger partial charge < -0.3 is 9.88 Å². The van der Waals surface area contributed by atoms with Gasteiger partial charge in [-0.25, -0.2) is 0 Å². The quantitative estimate of drug-likeness (QED) is 0.458. The Morgan fingerprint density at radius 3 is 2.43 bits per heavy atom. The van der Waals surface area contributed by atoms with E-state index in [4.69, 9.17) is 0 Å². The van der Waals surface area contributed by atoms with E-state index in [1.54, 1.807) is 0 Å². The second-order valence-electron chi connectivity index (χ2n) is 7.79. The first kappa shape index (κ1) is 20.3. The van der Waals surface area contributed by atoms with E-state index in [1.807, 2.05) is 13.8 Å². The summed E-state index contributed by atoms with van der Waals surface area (Å²) in [6.07, 6.45) is 6.86. The Morgan fingerprint density at radius 2 is 1.71 bits per heavy atom. The molecule has 2 heterocycles. The van der Waals surface area contributed by atoms with Crippen molar-refractivity contribution in [3.8, 4) is 0 Å². The lowest BCUT2D eigenvalue weighted by molar-refractivity contribution is 0.497. The number of para-hydroxylation sites is 2. The van der Waals surface area contributed by atoms with E-state index in [-0.39, 0.29) is 5.41 Å². The standard InChI is InChI=1S/C24H28N2.C2H6/c1-5-11-17(12-6-2)26-21-16-10-7-13-18(21)22-23(26)24(3,4)19-14-8-9-15-20(19)25-22;1-2/h5,7-11,13-17,25H,6,12H2,1-4H3;1-2H3/b11-5-;. The van der Waals surface area contributed by atoms with Gasteiger partial charge in [0.2, 0.25) is 0 Å². The highest BCUT2D eigenvalue weighted by atomic mass is 15.1. The van der Waals surface area contributed by atoms with Crippen molar-refractivity contribution in [1.82, 2.24) is 4.57 Å². The van der Waals surface area contributed by atoms with E-state index in [0.29, 0.717) is 6.04 Å². The molecule has 1 aliphatic rings. The molecule has 4 rings (SSSR count). The van der Waals surface area contributed by atoms with Gasteiger partial charge in [0.05, 0.1) is 22.9 Å². The number of nitrogens with one attached hydrogen (secondary N) is 1. The van der Waals surface area contributed by atoms with Gasteiger partial charge in [0.15, 0.2) is 0 Å². The van der Waals surface area contributed by atoms with Crippen molar-refractivity contribution >= 4 is 22.3 Å².